The van der Waals surface area contributed by atoms with Gasteiger partial charge in [0.1, 0.15) is 5.75 Å². The summed E-state index contributed by atoms with van der Waals surface area (Å²) in [7, 11) is 0. The number of hydrogen-bond donors (Lipinski definition) is 1. The predicted octanol–water partition coefficient (Wildman–Crippen LogP) is 2.74. The van der Waals surface area contributed by atoms with Crippen LogP contribution in [0.3, 0.4) is 0 Å². The Morgan fingerprint density at radius 2 is 2.07 bits per heavy atom. The second-order valence-electron chi connectivity index (χ2n) is 3.87. The van der Waals surface area contributed by atoms with E-state index < -0.39 is 0 Å². The Balaban J connectivity index is 1.94. The van der Waals surface area contributed by atoms with Crippen LogP contribution in [-0.4, -0.2) is 22.5 Å². The van der Waals surface area contributed by atoms with Gasteiger partial charge in [-0.05, 0) is 48.6 Å². The van der Waals surface area contributed by atoms with E-state index in [4.69, 9.17) is 5.11 Å². The number of phenols is 1. The summed E-state index contributed by atoms with van der Waals surface area (Å²) in [5.74, 6) is 1.16. The molecule has 0 bridgehead atoms. The minimum atomic E-state index is 0.337. The van der Waals surface area contributed by atoms with Crippen LogP contribution < -0.4 is 0 Å². The fourth-order valence-electron chi connectivity index (χ4n) is 1.63. The molecule has 0 spiro atoms. The first-order valence-electron chi connectivity index (χ1n) is 4.96. The normalized spacial score (nSPS) is 22.8. The van der Waals surface area contributed by atoms with Gasteiger partial charge < -0.3 is 5.11 Å². The van der Waals surface area contributed by atoms with E-state index in [0.29, 0.717) is 5.75 Å². The van der Waals surface area contributed by atoms with Gasteiger partial charge in [0.05, 0.1) is 0 Å². The number of benzene rings is 1. The van der Waals surface area contributed by atoms with Crippen molar-refractivity contribution in [2.24, 2.45) is 5.92 Å². The van der Waals surface area contributed by atoms with Crippen molar-refractivity contribution in [2.75, 3.05) is 13.1 Å². The summed E-state index contributed by atoms with van der Waals surface area (Å²) >= 11 is 1.79. The molecule has 0 radical (unpaired) electrons. The molecule has 1 atom stereocenters. The third-order valence-electron chi connectivity index (χ3n) is 2.46. The fourth-order valence-corrected chi connectivity index (χ4v) is 2.72. The molecule has 1 heterocycles. The van der Waals surface area contributed by atoms with Gasteiger partial charge >= 0.3 is 0 Å². The van der Waals surface area contributed by atoms with Gasteiger partial charge in [-0.3, -0.25) is 0 Å². The van der Waals surface area contributed by atoms with Gasteiger partial charge in [0.15, 0.2) is 0 Å². The van der Waals surface area contributed by atoms with Crippen LogP contribution >= 0.6 is 11.9 Å². The highest BCUT2D eigenvalue weighted by atomic mass is 32.2. The van der Waals surface area contributed by atoms with Crippen LogP contribution in [0.4, 0.5) is 0 Å². The Labute approximate surface area is 89.1 Å². The molecule has 0 saturated carbocycles. The van der Waals surface area contributed by atoms with Gasteiger partial charge in [-0.25, -0.2) is 4.31 Å². The van der Waals surface area contributed by atoms with E-state index in [1.54, 1.807) is 24.1 Å². The molecule has 14 heavy (non-hydrogen) atoms. The van der Waals surface area contributed by atoms with E-state index >= 15 is 0 Å². The van der Waals surface area contributed by atoms with Crippen LogP contribution in [0.25, 0.3) is 0 Å². The smallest absolute Gasteiger partial charge is 0.115 e. The molecule has 0 aromatic heterocycles. The number of nitrogens with zero attached hydrogens (tertiary/aromatic N) is 1. The van der Waals surface area contributed by atoms with Gasteiger partial charge in [-0.15, -0.1) is 0 Å². The van der Waals surface area contributed by atoms with Crippen molar-refractivity contribution in [2.45, 2.75) is 18.2 Å². The van der Waals surface area contributed by atoms with Crippen LogP contribution in [0.2, 0.25) is 0 Å². The molecule has 76 valence electrons. The van der Waals surface area contributed by atoms with Crippen LogP contribution in [0.15, 0.2) is 29.2 Å². The molecule has 0 amide bonds. The summed E-state index contributed by atoms with van der Waals surface area (Å²) in [6, 6.07) is 7.40. The molecule has 1 aliphatic heterocycles. The number of rotatable bonds is 2. The SMILES string of the molecule is C[C@@H]1CCN(Sc2ccc(O)cc2)C1. The number of phenolic OH excluding ortho intramolecular Hbond substituents is 1. The van der Waals surface area contributed by atoms with Crippen LogP contribution in [0.5, 0.6) is 5.75 Å². The fraction of sp³-hybridized carbons (Fsp3) is 0.455. The molecule has 1 aromatic rings. The average molecular weight is 209 g/mol. The Bertz CT molecular complexity index is 299. The number of hydrogen-bond acceptors (Lipinski definition) is 3. The molecule has 3 heteroatoms. The first kappa shape index (κ1) is 9.87. The minimum absolute atomic E-state index is 0.337. The van der Waals surface area contributed by atoms with Crippen molar-refractivity contribution in [3.63, 3.8) is 0 Å². The Hall–Kier alpha value is -0.670. The largest absolute Gasteiger partial charge is 0.508 e. The van der Waals surface area contributed by atoms with Crippen LogP contribution in [-0.2, 0) is 0 Å². The van der Waals surface area contributed by atoms with E-state index in [1.807, 2.05) is 12.1 Å². The molecule has 2 rings (SSSR count). The summed E-state index contributed by atoms with van der Waals surface area (Å²) in [5.41, 5.74) is 0. The highest BCUT2D eigenvalue weighted by Gasteiger charge is 2.19. The molecular weight excluding hydrogens is 194 g/mol. The van der Waals surface area contributed by atoms with Gasteiger partial charge in [0.25, 0.3) is 0 Å². The maximum absolute atomic E-state index is 9.14. The standard InChI is InChI=1S/C11H15NOS/c1-9-6-7-12(8-9)14-11-4-2-10(13)3-5-11/h2-5,9,13H,6-8H2,1H3/t9-/m1/s1. The lowest BCUT2D eigenvalue weighted by Crippen LogP contribution is -2.10. The van der Waals surface area contributed by atoms with Crippen molar-refractivity contribution in [3.05, 3.63) is 24.3 Å². The van der Waals surface area contributed by atoms with Crippen molar-refractivity contribution >= 4 is 11.9 Å². The van der Waals surface area contributed by atoms with E-state index in [2.05, 4.69) is 11.2 Å². The second kappa shape index (κ2) is 4.24. The van der Waals surface area contributed by atoms with Crippen molar-refractivity contribution in [1.82, 2.24) is 4.31 Å². The van der Waals surface area contributed by atoms with Gasteiger partial charge in [0.2, 0.25) is 0 Å². The van der Waals surface area contributed by atoms with Crippen molar-refractivity contribution in [3.8, 4) is 5.75 Å². The van der Waals surface area contributed by atoms with Crippen LogP contribution in [0.1, 0.15) is 13.3 Å². The first-order valence-corrected chi connectivity index (χ1v) is 5.73. The molecular formula is C11H15NOS. The summed E-state index contributed by atoms with van der Waals surface area (Å²) < 4.78 is 2.39. The first-order chi connectivity index (χ1) is 6.74. The molecule has 1 fully saturated rings. The Morgan fingerprint density at radius 3 is 2.64 bits per heavy atom. The summed E-state index contributed by atoms with van der Waals surface area (Å²) in [4.78, 5) is 1.21. The maximum atomic E-state index is 9.14. The zero-order chi connectivity index (χ0) is 9.97. The van der Waals surface area contributed by atoms with E-state index in [-0.39, 0.29) is 0 Å². The monoisotopic (exact) mass is 209 g/mol. The minimum Gasteiger partial charge on any atom is -0.508 e. The molecule has 1 aromatic carbocycles. The predicted molar refractivity (Wildman–Crippen MR) is 59.3 cm³/mol. The van der Waals surface area contributed by atoms with Gasteiger partial charge in [-0.1, -0.05) is 6.92 Å². The van der Waals surface area contributed by atoms with E-state index in [0.717, 1.165) is 5.92 Å². The van der Waals surface area contributed by atoms with E-state index in [1.165, 1.54) is 24.4 Å². The average Bonchev–Trinajstić information content (AvgIpc) is 2.56. The second-order valence-corrected chi connectivity index (χ2v) is 5.04. The quantitative estimate of drug-likeness (QED) is 0.758. The van der Waals surface area contributed by atoms with Gasteiger partial charge in [-0.2, -0.15) is 0 Å². The highest BCUT2D eigenvalue weighted by molar-refractivity contribution is 7.97. The Kier molecular flexibility index (Phi) is 2.99. The third-order valence-corrected chi connectivity index (χ3v) is 3.53. The van der Waals surface area contributed by atoms with Crippen molar-refractivity contribution < 1.29 is 5.11 Å². The zero-order valence-electron chi connectivity index (χ0n) is 8.31. The lowest BCUT2D eigenvalue weighted by atomic mass is 10.2. The third kappa shape index (κ3) is 2.42. The summed E-state index contributed by atoms with van der Waals surface area (Å²) in [6.45, 7) is 4.63. The zero-order valence-corrected chi connectivity index (χ0v) is 9.13. The molecule has 1 aliphatic rings. The van der Waals surface area contributed by atoms with Crippen LogP contribution in [0, 0.1) is 5.92 Å². The lowest BCUT2D eigenvalue weighted by Gasteiger charge is -2.13. The van der Waals surface area contributed by atoms with E-state index in [9.17, 15) is 0 Å². The van der Waals surface area contributed by atoms with Gasteiger partial charge in [0, 0.05) is 18.0 Å². The molecule has 2 nitrogen and oxygen atoms in total. The van der Waals surface area contributed by atoms with Crippen molar-refractivity contribution in [1.29, 1.82) is 0 Å². The summed E-state index contributed by atoms with van der Waals surface area (Å²) in [5, 5.41) is 9.14. The summed E-state index contributed by atoms with van der Waals surface area (Å²) in [6.07, 6.45) is 1.30. The number of aromatic hydroxyl groups is 1. The topological polar surface area (TPSA) is 23.5 Å². The lowest BCUT2D eigenvalue weighted by molar-refractivity contribution is 0.475. The molecule has 1 saturated heterocycles. The maximum Gasteiger partial charge on any atom is 0.115 e. The molecule has 0 aliphatic carbocycles. The molecule has 0 unspecified atom stereocenters. The molecule has 1 N–H and O–H groups in total. The highest BCUT2D eigenvalue weighted by Crippen LogP contribution is 2.29. The Morgan fingerprint density at radius 1 is 1.36 bits per heavy atom.